The third-order valence-electron chi connectivity index (χ3n) is 5.06. The summed E-state index contributed by atoms with van der Waals surface area (Å²) in [5.74, 6) is -0.322. The van der Waals surface area contributed by atoms with Crippen LogP contribution in [0.4, 0.5) is 5.69 Å². The Bertz CT molecular complexity index is 1210. The van der Waals surface area contributed by atoms with E-state index in [-0.39, 0.29) is 23.6 Å². The molecule has 0 bridgehead atoms. The lowest BCUT2D eigenvalue weighted by molar-refractivity contribution is -0.123. The van der Waals surface area contributed by atoms with Crippen molar-refractivity contribution >= 4 is 17.6 Å². The van der Waals surface area contributed by atoms with Crippen LogP contribution in [-0.4, -0.2) is 34.1 Å². The van der Waals surface area contributed by atoms with Crippen molar-refractivity contribution in [1.29, 1.82) is 0 Å². The first-order chi connectivity index (χ1) is 14.9. The van der Waals surface area contributed by atoms with Crippen LogP contribution >= 0.6 is 0 Å². The smallest absolute Gasteiger partial charge is 0.339 e. The van der Waals surface area contributed by atoms with Crippen LogP contribution in [-0.2, 0) is 16.6 Å². The summed E-state index contributed by atoms with van der Waals surface area (Å²) in [6.45, 7) is 3.25. The highest BCUT2D eigenvalue weighted by Crippen LogP contribution is 2.32. The summed E-state index contributed by atoms with van der Waals surface area (Å²) in [7, 11) is 1.72. The molecule has 1 aliphatic rings. The predicted molar refractivity (Wildman–Crippen MR) is 112 cm³/mol. The van der Waals surface area contributed by atoms with Gasteiger partial charge in [0.2, 0.25) is 6.79 Å². The Morgan fingerprint density at radius 2 is 1.81 bits per heavy atom. The number of nitrogens with zero attached hydrogens (tertiary/aromatic N) is 2. The topological polar surface area (TPSA) is 101 Å². The fraction of sp³-hybridized carbons (Fsp3) is 0.227. The van der Waals surface area contributed by atoms with E-state index in [1.54, 1.807) is 36.9 Å². The number of amides is 1. The van der Waals surface area contributed by atoms with E-state index < -0.39 is 18.0 Å². The summed E-state index contributed by atoms with van der Waals surface area (Å²) >= 11 is 0. The van der Waals surface area contributed by atoms with Gasteiger partial charge in [-0.2, -0.15) is 0 Å². The van der Waals surface area contributed by atoms with Gasteiger partial charge in [0.1, 0.15) is 5.69 Å². The van der Waals surface area contributed by atoms with Gasteiger partial charge in [0, 0.05) is 7.05 Å². The molecule has 1 atom stereocenters. The fourth-order valence-corrected chi connectivity index (χ4v) is 3.24. The van der Waals surface area contributed by atoms with Crippen molar-refractivity contribution in [1.82, 2.24) is 9.36 Å². The van der Waals surface area contributed by atoms with Gasteiger partial charge in [0.05, 0.1) is 16.9 Å². The van der Waals surface area contributed by atoms with E-state index in [0.717, 1.165) is 0 Å². The Kier molecular flexibility index (Phi) is 5.24. The van der Waals surface area contributed by atoms with Gasteiger partial charge in [-0.25, -0.2) is 9.48 Å². The molecule has 160 valence electrons. The number of benzene rings is 2. The molecule has 2 heterocycles. The van der Waals surface area contributed by atoms with Gasteiger partial charge in [0.25, 0.3) is 11.5 Å². The zero-order valence-corrected chi connectivity index (χ0v) is 17.2. The highest BCUT2D eigenvalue weighted by atomic mass is 16.7. The SMILES string of the molecule is Cc1c(NC(=O)[C@H](C)OC(=O)c2ccc3c(c2)OCO3)c(=O)n(-c2ccccc2)n1C. The number of carbonyl (C=O) groups is 2. The summed E-state index contributed by atoms with van der Waals surface area (Å²) < 4.78 is 18.8. The molecule has 1 amide bonds. The monoisotopic (exact) mass is 423 g/mol. The Balaban J connectivity index is 1.49. The number of nitrogens with one attached hydrogen (secondary N) is 1. The van der Waals surface area contributed by atoms with Gasteiger partial charge in [-0.15, -0.1) is 0 Å². The van der Waals surface area contributed by atoms with Crippen LogP contribution in [0.15, 0.2) is 53.3 Å². The van der Waals surface area contributed by atoms with Crippen LogP contribution in [0.25, 0.3) is 5.69 Å². The zero-order chi connectivity index (χ0) is 22.1. The van der Waals surface area contributed by atoms with Gasteiger partial charge in [0.15, 0.2) is 17.6 Å². The summed E-state index contributed by atoms with van der Waals surface area (Å²) in [5, 5.41) is 2.59. The molecule has 9 nitrogen and oxygen atoms in total. The number of esters is 1. The van der Waals surface area contributed by atoms with Crippen LogP contribution < -0.4 is 20.3 Å². The zero-order valence-electron chi connectivity index (χ0n) is 17.2. The van der Waals surface area contributed by atoms with Crippen molar-refractivity contribution in [3.8, 4) is 17.2 Å². The number of hydrogen-bond acceptors (Lipinski definition) is 6. The van der Waals surface area contributed by atoms with Crippen molar-refractivity contribution in [2.75, 3.05) is 12.1 Å². The lowest BCUT2D eigenvalue weighted by Gasteiger charge is -2.13. The Morgan fingerprint density at radius 1 is 1.10 bits per heavy atom. The number of para-hydroxylation sites is 1. The minimum atomic E-state index is -1.12. The molecule has 0 fully saturated rings. The molecule has 1 aromatic heterocycles. The Morgan fingerprint density at radius 3 is 2.55 bits per heavy atom. The number of fused-ring (bicyclic) bond motifs is 1. The minimum absolute atomic E-state index is 0.0869. The first-order valence-electron chi connectivity index (χ1n) is 9.62. The third kappa shape index (κ3) is 3.77. The molecule has 3 aromatic rings. The normalized spacial score (nSPS) is 13.0. The number of aromatic nitrogens is 2. The van der Waals surface area contributed by atoms with Crippen LogP contribution in [0.1, 0.15) is 23.0 Å². The van der Waals surface area contributed by atoms with Crippen molar-refractivity contribution in [3.05, 3.63) is 70.1 Å². The van der Waals surface area contributed by atoms with Gasteiger partial charge in [-0.3, -0.25) is 14.3 Å². The fourth-order valence-electron chi connectivity index (χ4n) is 3.24. The highest BCUT2D eigenvalue weighted by Gasteiger charge is 2.24. The molecule has 9 heteroatoms. The number of carbonyl (C=O) groups excluding carboxylic acids is 2. The van der Waals surface area contributed by atoms with Gasteiger partial charge < -0.3 is 19.5 Å². The summed E-state index contributed by atoms with van der Waals surface area (Å²) in [5.41, 5.74) is 1.21. The molecule has 0 saturated heterocycles. The van der Waals surface area contributed by atoms with Gasteiger partial charge in [-0.1, -0.05) is 18.2 Å². The second-order valence-electron chi connectivity index (χ2n) is 7.04. The molecular formula is C22H21N3O6. The molecular weight excluding hydrogens is 402 g/mol. The van der Waals surface area contributed by atoms with Crippen molar-refractivity contribution < 1.29 is 23.8 Å². The first-order valence-corrected chi connectivity index (χ1v) is 9.62. The van der Waals surface area contributed by atoms with Crippen molar-refractivity contribution in [2.45, 2.75) is 20.0 Å². The predicted octanol–water partition coefficient (Wildman–Crippen LogP) is 2.40. The van der Waals surface area contributed by atoms with E-state index in [0.29, 0.717) is 22.9 Å². The molecule has 1 N–H and O–H groups in total. The molecule has 0 saturated carbocycles. The van der Waals surface area contributed by atoms with E-state index in [1.165, 1.54) is 23.7 Å². The van der Waals surface area contributed by atoms with Crippen LogP contribution in [0, 0.1) is 6.92 Å². The van der Waals surface area contributed by atoms with E-state index in [2.05, 4.69) is 5.32 Å². The molecule has 2 aromatic carbocycles. The average Bonchev–Trinajstić information content (AvgIpc) is 3.32. The maximum atomic E-state index is 12.9. The van der Waals surface area contributed by atoms with E-state index in [1.807, 2.05) is 18.2 Å². The summed E-state index contributed by atoms with van der Waals surface area (Å²) in [6, 6.07) is 13.7. The van der Waals surface area contributed by atoms with Crippen LogP contribution in [0.5, 0.6) is 11.5 Å². The molecule has 0 spiro atoms. The molecule has 1 aliphatic heterocycles. The van der Waals surface area contributed by atoms with Crippen molar-refractivity contribution in [3.63, 3.8) is 0 Å². The van der Waals surface area contributed by atoms with E-state index in [4.69, 9.17) is 14.2 Å². The highest BCUT2D eigenvalue weighted by molar-refractivity contribution is 5.97. The van der Waals surface area contributed by atoms with Gasteiger partial charge >= 0.3 is 5.97 Å². The second-order valence-corrected chi connectivity index (χ2v) is 7.04. The third-order valence-corrected chi connectivity index (χ3v) is 5.06. The Hall–Kier alpha value is -4.01. The lowest BCUT2D eigenvalue weighted by atomic mass is 10.2. The molecule has 31 heavy (non-hydrogen) atoms. The van der Waals surface area contributed by atoms with E-state index >= 15 is 0 Å². The van der Waals surface area contributed by atoms with Crippen LogP contribution in [0.3, 0.4) is 0 Å². The molecule has 0 radical (unpaired) electrons. The van der Waals surface area contributed by atoms with E-state index in [9.17, 15) is 14.4 Å². The molecule has 4 rings (SSSR count). The van der Waals surface area contributed by atoms with Crippen LogP contribution in [0.2, 0.25) is 0 Å². The number of rotatable bonds is 5. The first kappa shape index (κ1) is 20.3. The molecule has 0 unspecified atom stereocenters. The number of hydrogen-bond donors (Lipinski definition) is 1. The number of anilines is 1. The van der Waals surface area contributed by atoms with Crippen molar-refractivity contribution in [2.24, 2.45) is 7.05 Å². The minimum Gasteiger partial charge on any atom is -0.454 e. The standard InChI is InChI=1S/C22H21N3O6/c1-13-19(21(27)25(24(13)3)16-7-5-4-6-8-16)23-20(26)14(2)31-22(28)15-9-10-17-18(11-15)30-12-29-17/h4-11,14H,12H2,1-3H3,(H,23,26)/t14-/m0/s1. The summed E-state index contributed by atoms with van der Waals surface area (Å²) in [6.07, 6.45) is -1.12. The molecule has 0 aliphatic carbocycles. The number of ether oxygens (including phenoxy) is 3. The quantitative estimate of drug-likeness (QED) is 0.633. The lowest BCUT2D eigenvalue weighted by Crippen LogP contribution is -2.32. The van der Waals surface area contributed by atoms with Gasteiger partial charge in [-0.05, 0) is 44.2 Å². The maximum Gasteiger partial charge on any atom is 0.339 e. The second kappa shape index (κ2) is 8.02. The Labute approximate surface area is 177 Å². The summed E-state index contributed by atoms with van der Waals surface area (Å²) in [4.78, 5) is 38.0. The largest absolute Gasteiger partial charge is 0.454 e. The average molecular weight is 423 g/mol. The maximum absolute atomic E-state index is 12.9.